The fraction of sp³-hybridized carbons (Fsp3) is 0.409. The van der Waals surface area contributed by atoms with E-state index in [-0.39, 0.29) is 17.7 Å². The molecular formula is C22H24N2O8. The third kappa shape index (κ3) is 2.54. The van der Waals surface area contributed by atoms with Gasteiger partial charge in [-0.3, -0.25) is 19.3 Å². The molecule has 0 aliphatic heterocycles. The summed E-state index contributed by atoms with van der Waals surface area (Å²) in [6.07, 6.45) is -1.53. The molecule has 1 aromatic carbocycles. The zero-order valence-electron chi connectivity index (χ0n) is 17.7. The van der Waals surface area contributed by atoms with Crippen molar-refractivity contribution in [3.8, 4) is 5.75 Å². The van der Waals surface area contributed by atoms with Gasteiger partial charge in [0.2, 0.25) is 5.78 Å². The number of carbonyl (C=O) groups is 3. The molecule has 10 nitrogen and oxygen atoms in total. The Morgan fingerprint density at radius 1 is 1.19 bits per heavy atom. The van der Waals surface area contributed by atoms with E-state index in [1.807, 2.05) is 0 Å². The van der Waals surface area contributed by atoms with Crippen molar-refractivity contribution in [1.82, 2.24) is 4.90 Å². The highest BCUT2D eigenvalue weighted by atomic mass is 16.4. The number of phenols is 1. The van der Waals surface area contributed by atoms with E-state index in [0.717, 1.165) is 0 Å². The Kier molecular flexibility index (Phi) is 4.74. The molecule has 0 heterocycles. The van der Waals surface area contributed by atoms with Crippen molar-refractivity contribution >= 4 is 23.2 Å². The Hall–Kier alpha value is -3.21. The van der Waals surface area contributed by atoms with E-state index in [1.165, 1.54) is 25.1 Å². The molecule has 0 spiro atoms. The summed E-state index contributed by atoms with van der Waals surface area (Å²) in [7, 11) is 2.92. The van der Waals surface area contributed by atoms with Gasteiger partial charge in [-0.05, 0) is 44.6 Å². The number of aliphatic hydroxyl groups is 4. The lowest BCUT2D eigenvalue weighted by atomic mass is 9.56. The van der Waals surface area contributed by atoms with E-state index in [4.69, 9.17) is 5.73 Å². The van der Waals surface area contributed by atoms with Crippen LogP contribution in [0.1, 0.15) is 16.7 Å². The van der Waals surface area contributed by atoms with Crippen LogP contribution in [0.15, 0.2) is 29.0 Å². The van der Waals surface area contributed by atoms with Crippen LogP contribution in [-0.4, -0.2) is 79.7 Å². The van der Waals surface area contributed by atoms with Crippen LogP contribution in [0.2, 0.25) is 0 Å². The van der Waals surface area contributed by atoms with E-state index in [2.05, 4.69) is 0 Å². The topological polar surface area (TPSA) is 182 Å². The summed E-state index contributed by atoms with van der Waals surface area (Å²) >= 11 is 0. The second-order valence-corrected chi connectivity index (χ2v) is 8.80. The second kappa shape index (κ2) is 6.89. The van der Waals surface area contributed by atoms with Crippen molar-refractivity contribution in [2.75, 3.05) is 14.1 Å². The monoisotopic (exact) mass is 444 g/mol. The molecular weight excluding hydrogens is 420 g/mol. The molecule has 3 aliphatic rings. The van der Waals surface area contributed by atoms with Crippen molar-refractivity contribution in [3.05, 3.63) is 45.7 Å². The van der Waals surface area contributed by atoms with Crippen LogP contribution in [0.3, 0.4) is 0 Å². The second-order valence-electron chi connectivity index (χ2n) is 8.80. The molecule has 1 amide bonds. The summed E-state index contributed by atoms with van der Waals surface area (Å²) in [4.78, 5) is 39.8. The van der Waals surface area contributed by atoms with Gasteiger partial charge in [0.15, 0.2) is 11.4 Å². The van der Waals surface area contributed by atoms with Crippen LogP contribution >= 0.6 is 0 Å². The van der Waals surface area contributed by atoms with Gasteiger partial charge in [0, 0.05) is 11.5 Å². The zero-order chi connectivity index (χ0) is 23.9. The fourth-order valence-electron chi connectivity index (χ4n) is 5.41. The molecule has 32 heavy (non-hydrogen) atoms. The largest absolute Gasteiger partial charge is 0.508 e. The first-order chi connectivity index (χ1) is 14.8. The minimum atomic E-state index is -2.89. The lowest BCUT2D eigenvalue weighted by Crippen LogP contribution is -2.70. The van der Waals surface area contributed by atoms with Crippen LogP contribution in [0.5, 0.6) is 5.75 Å². The van der Waals surface area contributed by atoms with Gasteiger partial charge in [-0.25, -0.2) is 0 Å². The van der Waals surface area contributed by atoms with Gasteiger partial charge >= 0.3 is 0 Å². The molecule has 0 bridgehead atoms. The number of ketones is 2. The summed E-state index contributed by atoms with van der Waals surface area (Å²) in [5.41, 5.74) is 2.24. The first-order valence-electron chi connectivity index (χ1n) is 9.99. The number of nitrogens with two attached hydrogens (primary N) is 1. The van der Waals surface area contributed by atoms with Crippen LogP contribution in [-0.2, 0) is 20.8 Å². The molecule has 0 radical (unpaired) electrons. The lowest BCUT2D eigenvalue weighted by molar-refractivity contribution is -0.168. The van der Waals surface area contributed by atoms with E-state index in [9.17, 15) is 39.9 Å². The Bertz CT molecular complexity index is 1150. The van der Waals surface area contributed by atoms with Crippen molar-refractivity contribution in [2.24, 2.45) is 17.6 Å². The van der Waals surface area contributed by atoms with E-state index >= 15 is 0 Å². The highest BCUT2D eigenvalue weighted by molar-refractivity contribution is 6.24. The molecule has 1 fully saturated rings. The SMILES string of the molecule is Cc1ccc(O)c2c1CC1C(=C2O)C(=O)[C@]2(O)C(O)=C(C(N)=O)C(=O)[C@@H](N(C)C)C2[C@H]1O. The molecule has 7 N–H and O–H groups in total. The van der Waals surface area contributed by atoms with Crippen LogP contribution in [0.25, 0.3) is 5.76 Å². The minimum Gasteiger partial charge on any atom is -0.508 e. The van der Waals surface area contributed by atoms with Gasteiger partial charge in [0.1, 0.15) is 22.8 Å². The van der Waals surface area contributed by atoms with Crippen LogP contribution in [0.4, 0.5) is 0 Å². The molecule has 1 saturated carbocycles. The number of likely N-dealkylation sites (N-methyl/N-ethyl adjacent to an activating group) is 1. The van der Waals surface area contributed by atoms with E-state index < -0.39 is 69.7 Å². The fourth-order valence-corrected chi connectivity index (χ4v) is 5.41. The first kappa shape index (κ1) is 22.0. The maximum atomic E-state index is 13.6. The molecule has 10 heteroatoms. The normalized spacial score (nSPS) is 32.1. The molecule has 0 aromatic heterocycles. The van der Waals surface area contributed by atoms with Gasteiger partial charge in [-0.1, -0.05) is 6.07 Å². The number of phenolic OH excluding ortho intramolecular Hbond substituents is 1. The Morgan fingerprint density at radius 3 is 2.38 bits per heavy atom. The number of rotatable bonds is 2. The number of aromatic hydroxyl groups is 1. The third-order valence-corrected chi connectivity index (χ3v) is 6.92. The molecule has 0 saturated heterocycles. The quantitative estimate of drug-likeness (QED) is 0.320. The first-order valence-corrected chi connectivity index (χ1v) is 9.99. The van der Waals surface area contributed by atoms with Crippen molar-refractivity contribution in [1.29, 1.82) is 0 Å². The predicted octanol–water partition coefficient (Wildman–Crippen LogP) is -0.757. The molecule has 4 rings (SSSR count). The number of aliphatic hydroxyl groups excluding tert-OH is 3. The standard InChI is InChI=1S/C22H24N2O8/c1-7-4-5-10(25)11-8(7)6-9-12(17(11)27)19(29)22(32)14(16(9)26)15(24(2)3)18(28)13(20(22)30)21(23)31/h4-5,9,14-16,25-27,30,32H,6H2,1-3H3,(H2,23,31)/t9?,14?,15-,16-,22-/m0/s1. The number of amides is 1. The van der Waals surface area contributed by atoms with Gasteiger partial charge < -0.3 is 31.3 Å². The summed E-state index contributed by atoms with van der Waals surface area (Å²) in [6.45, 7) is 1.74. The van der Waals surface area contributed by atoms with Gasteiger partial charge in [-0.2, -0.15) is 0 Å². The number of hydrogen-bond acceptors (Lipinski definition) is 9. The number of benzene rings is 1. The molecule has 170 valence electrons. The number of Topliss-reactive ketones (excluding diaryl/α,β-unsaturated/α-hetero) is 2. The van der Waals surface area contributed by atoms with Gasteiger partial charge in [0.25, 0.3) is 5.91 Å². The lowest BCUT2D eigenvalue weighted by Gasteiger charge is -2.52. The number of fused-ring (bicyclic) bond motifs is 3. The Morgan fingerprint density at radius 2 is 1.81 bits per heavy atom. The maximum absolute atomic E-state index is 13.6. The average Bonchev–Trinajstić information content (AvgIpc) is 2.70. The molecule has 3 aliphatic carbocycles. The number of nitrogens with zero attached hydrogens (tertiary/aromatic N) is 1. The maximum Gasteiger partial charge on any atom is 0.255 e. The minimum absolute atomic E-state index is 0.00603. The highest BCUT2D eigenvalue weighted by Crippen LogP contribution is 2.52. The van der Waals surface area contributed by atoms with E-state index in [1.54, 1.807) is 13.0 Å². The molecule has 2 unspecified atom stereocenters. The van der Waals surface area contributed by atoms with Crippen molar-refractivity contribution in [3.63, 3.8) is 0 Å². The zero-order valence-corrected chi connectivity index (χ0v) is 17.7. The summed E-state index contributed by atoms with van der Waals surface area (Å²) in [6, 6.07) is 1.61. The average molecular weight is 444 g/mol. The Balaban J connectivity index is 2.05. The summed E-state index contributed by atoms with van der Waals surface area (Å²) in [5, 5.41) is 54.8. The number of aryl methyl sites for hydroxylation is 1. The van der Waals surface area contributed by atoms with Crippen LogP contribution < -0.4 is 5.73 Å². The number of primary amides is 1. The van der Waals surface area contributed by atoms with Crippen molar-refractivity contribution < 1.29 is 39.9 Å². The smallest absolute Gasteiger partial charge is 0.255 e. The summed E-state index contributed by atoms with van der Waals surface area (Å²) < 4.78 is 0. The predicted molar refractivity (Wildman–Crippen MR) is 110 cm³/mol. The summed E-state index contributed by atoms with van der Waals surface area (Å²) in [5.74, 6) is -8.19. The number of carbonyl (C=O) groups excluding carboxylic acids is 3. The highest BCUT2D eigenvalue weighted by Gasteiger charge is 2.67. The number of hydrogen-bond donors (Lipinski definition) is 6. The van der Waals surface area contributed by atoms with E-state index in [0.29, 0.717) is 11.1 Å². The molecule has 5 atom stereocenters. The molecule has 1 aromatic rings. The third-order valence-electron chi connectivity index (χ3n) is 6.92. The van der Waals surface area contributed by atoms with Gasteiger partial charge in [0.05, 0.1) is 23.6 Å². The van der Waals surface area contributed by atoms with Crippen LogP contribution in [0, 0.1) is 18.8 Å². The van der Waals surface area contributed by atoms with Crippen molar-refractivity contribution in [2.45, 2.75) is 31.1 Å². The van der Waals surface area contributed by atoms with Gasteiger partial charge in [-0.15, -0.1) is 0 Å². The Labute approximate surface area is 182 Å².